The number of nitrogens with zero attached hydrogens (tertiary/aromatic N) is 3. The van der Waals surface area contributed by atoms with E-state index >= 15 is 0 Å². The average molecular weight is 336 g/mol. The molecule has 0 spiro atoms. The molecule has 1 heterocycles. The van der Waals surface area contributed by atoms with Crippen LogP contribution in [0, 0.1) is 4.77 Å². The highest BCUT2D eigenvalue weighted by Crippen LogP contribution is 2.14. The summed E-state index contributed by atoms with van der Waals surface area (Å²) in [6, 6.07) is 6.65. The summed E-state index contributed by atoms with van der Waals surface area (Å²) in [4.78, 5) is 22.6. The fourth-order valence-corrected chi connectivity index (χ4v) is 2.02. The molecule has 2 aromatic rings. The van der Waals surface area contributed by atoms with Crippen molar-refractivity contribution in [2.45, 2.75) is 19.9 Å². The third-order valence-electron chi connectivity index (χ3n) is 2.74. The van der Waals surface area contributed by atoms with Crippen molar-refractivity contribution >= 4 is 29.9 Å². The van der Waals surface area contributed by atoms with Crippen molar-refractivity contribution in [1.29, 1.82) is 0 Å². The number of rotatable bonds is 5. The minimum atomic E-state index is -0.620. The summed E-state index contributed by atoms with van der Waals surface area (Å²) in [5.74, 6) is -0.181. The van der Waals surface area contributed by atoms with Crippen LogP contribution >= 0.6 is 12.2 Å². The van der Waals surface area contributed by atoms with Gasteiger partial charge in [0.2, 0.25) is 10.7 Å². The first kappa shape index (κ1) is 16.6. The molecule has 1 aromatic heterocycles. The Bertz CT molecular complexity index is 756. The van der Waals surface area contributed by atoms with E-state index in [1.807, 2.05) is 0 Å². The number of anilines is 1. The number of tetrazole rings is 1. The number of aromatic amines is 1. The van der Waals surface area contributed by atoms with Crippen molar-refractivity contribution in [2.24, 2.45) is 0 Å². The number of hydrogen-bond donors (Lipinski definition) is 3. The van der Waals surface area contributed by atoms with Gasteiger partial charge in [0.1, 0.15) is 6.61 Å². The molecule has 2 amide bonds. The molecule has 0 bridgehead atoms. The summed E-state index contributed by atoms with van der Waals surface area (Å²) in [5, 5.41) is 15.1. The van der Waals surface area contributed by atoms with E-state index in [2.05, 4.69) is 26.2 Å². The first-order valence-electron chi connectivity index (χ1n) is 6.77. The molecule has 0 fully saturated rings. The van der Waals surface area contributed by atoms with Gasteiger partial charge in [-0.1, -0.05) is 16.4 Å². The maximum absolute atomic E-state index is 11.8. The van der Waals surface area contributed by atoms with Crippen molar-refractivity contribution in [3.8, 4) is 5.69 Å². The van der Waals surface area contributed by atoms with Gasteiger partial charge in [0.25, 0.3) is 0 Å². The van der Waals surface area contributed by atoms with Gasteiger partial charge in [-0.3, -0.25) is 10.1 Å². The second-order valence-corrected chi connectivity index (χ2v) is 5.16. The zero-order chi connectivity index (χ0) is 16.8. The van der Waals surface area contributed by atoms with Gasteiger partial charge in [0, 0.05) is 12.6 Å². The van der Waals surface area contributed by atoms with Gasteiger partial charge in [-0.25, -0.2) is 9.48 Å². The Morgan fingerprint density at radius 1 is 1.48 bits per heavy atom. The van der Waals surface area contributed by atoms with Gasteiger partial charge in [0.15, 0.2) is 0 Å². The molecule has 10 heteroatoms. The normalized spacial score (nSPS) is 11.6. The standard InChI is InChI=1S/C13H16N6O3S/c1-8(14-9(2)20)7-22-13(21)15-10-4-3-5-11(6-10)19-12(23)16-17-18-19/h3-6,8H,7H2,1-2H3,(H,14,20)(H,15,21)(H,16,18,23). The van der Waals surface area contributed by atoms with Crippen LogP contribution in [0.25, 0.3) is 5.69 Å². The Hall–Kier alpha value is -2.75. The Morgan fingerprint density at radius 3 is 2.91 bits per heavy atom. The highest BCUT2D eigenvalue weighted by molar-refractivity contribution is 7.71. The first-order chi connectivity index (χ1) is 11.0. The maximum Gasteiger partial charge on any atom is 0.411 e. The lowest BCUT2D eigenvalue weighted by Gasteiger charge is -2.13. The number of ether oxygens (including phenoxy) is 1. The van der Waals surface area contributed by atoms with Crippen LogP contribution in [-0.4, -0.2) is 44.9 Å². The van der Waals surface area contributed by atoms with Crippen LogP contribution in [0.5, 0.6) is 0 Å². The smallest absolute Gasteiger partial charge is 0.411 e. The third kappa shape index (κ3) is 4.88. The molecule has 0 aliphatic rings. The molecule has 2 rings (SSSR count). The second kappa shape index (κ2) is 7.49. The number of hydrogen-bond acceptors (Lipinski definition) is 6. The van der Waals surface area contributed by atoms with Crippen LogP contribution in [0.15, 0.2) is 24.3 Å². The Morgan fingerprint density at radius 2 is 2.26 bits per heavy atom. The van der Waals surface area contributed by atoms with E-state index in [1.165, 1.54) is 11.6 Å². The first-order valence-corrected chi connectivity index (χ1v) is 7.18. The Balaban J connectivity index is 1.95. The van der Waals surface area contributed by atoms with Crippen LogP contribution in [-0.2, 0) is 9.53 Å². The van der Waals surface area contributed by atoms with E-state index in [9.17, 15) is 9.59 Å². The van der Waals surface area contributed by atoms with Gasteiger partial charge >= 0.3 is 6.09 Å². The lowest BCUT2D eigenvalue weighted by atomic mass is 10.3. The van der Waals surface area contributed by atoms with Gasteiger partial charge in [-0.15, -0.1) is 0 Å². The summed E-state index contributed by atoms with van der Waals surface area (Å²) >= 11 is 5.01. The van der Waals surface area contributed by atoms with E-state index in [0.29, 0.717) is 11.4 Å². The molecule has 3 N–H and O–H groups in total. The van der Waals surface area contributed by atoms with E-state index < -0.39 is 6.09 Å². The molecule has 0 aliphatic heterocycles. The van der Waals surface area contributed by atoms with Crippen LogP contribution in [0.2, 0.25) is 0 Å². The molecular weight excluding hydrogens is 320 g/mol. The summed E-state index contributed by atoms with van der Waals surface area (Å²) < 4.78 is 6.80. The van der Waals surface area contributed by atoms with E-state index in [0.717, 1.165) is 0 Å². The maximum atomic E-state index is 11.8. The van der Waals surface area contributed by atoms with E-state index in [1.54, 1.807) is 31.2 Å². The summed E-state index contributed by atoms with van der Waals surface area (Å²) in [7, 11) is 0. The van der Waals surface area contributed by atoms with E-state index in [4.69, 9.17) is 17.0 Å². The second-order valence-electron chi connectivity index (χ2n) is 4.79. The van der Waals surface area contributed by atoms with Crippen molar-refractivity contribution in [3.05, 3.63) is 29.0 Å². The summed E-state index contributed by atoms with van der Waals surface area (Å²) in [5.41, 5.74) is 1.19. The van der Waals surface area contributed by atoms with Crippen LogP contribution < -0.4 is 10.6 Å². The van der Waals surface area contributed by atoms with Gasteiger partial charge in [0.05, 0.1) is 11.7 Å². The molecule has 23 heavy (non-hydrogen) atoms. The fourth-order valence-electron chi connectivity index (χ4n) is 1.83. The minimum absolute atomic E-state index is 0.0701. The largest absolute Gasteiger partial charge is 0.447 e. The number of carbonyl (C=O) groups is 2. The SMILES string of the molecule is CC(=O)NC(C)COC(=O)Nc1cccc(-n2[nH]nnc2=S)c1. The third-order valence-corrected chi connectivity index (χ3v) is 3.00. The van der Waals surface area contributed by atoms with Gasteiger partial charge in [-0.05, 0) is 37.3 Å². The van der Waals surface area contributed by atoms with Crippen molar-refractivity contribution in [2.75, 3.05) is 11.9 Å². The molecule has 0 aliphatic carbocycles. The number of nitrogens with one attached hydrogen (secondary N) is 3. The quantitative estimate of drug-likeness (QED) is 0.711. The molecule has 1 atom stereocenters. The monoisotopic (exact) mass is 336 g/mol. The summed E-state index contributed by atoms with van der Waals surface area (Å²) in [6.07, 6.45) is -0.620. The molecule has 0 saturated carbocycles. The number of amides is 2. The predicted molar refractivity (Wildman–Crippen MR) is 84.8 cm³/mol. The zero-order valence-electron chi connectivity index (χ0n) is 12.6. The van der Waals surface area contributed by atoms with Crippen molar-refractivity contribution in [3.63, 3.8) is 0 Å². The molecular formula is C13H16N6O3S. The molecule has 1 aromatic carbocycles. The number of aromatic nitrogens is 4. The number of H-pyrrole nitrogens is 1. The fraction of sp³-hybridized carbons (Fsp3) is 0.308. The van der Waals surface area contributed by atoms with Crippen molar-refractivity contribution in [1.82, 2.24) is 25.5 Å². The molecule has 0 radical (unpaired) electrons. The average Bonchev–Trinajstić information content (AvgIpc) is 2.91. The number of benzene rings is 1. The van der Waals surface area contributed by atoms with Gasteiger partial charge < -0.3 is 10.1 Å². The molecule has 0 saturated heterocycles. The Labute approximate surface area is 137 Å². The lowest BCUT2D eigenvalue weighted by molar-refractivity contribution is -0.119. The number of carbonyl (C=O) groups excluding carboxylic acids is 2. The minimum Gasteiger partial charge on any atom is -0.447 e. The van der Waals surface area contributed by atoms with Crippen LogP contribution in [0.4, 0.5) is 10.5 Å². The highest BCUT2D eigenvalue weighted by atomic mass is 32.1. The van der Waals surface area contributed by atoms with Gasteiger partial charge in [-0.2, -0.15) is 5.21 Å². The lowest BCUT2D eigenvalue weighted by Crippen LogP contribution is -2.35. The molecule has 122 valence electrons. The van der Waals surface area contributed by atoms with Crippen LogP contribution in [0.1, 0.15) is 13.8 Å². The molecule has 1 unspecified atom stereocenters. The topological polar surface area (TPSA) is 114 Å². The Kier molecular flexibility index (Phi) is 5.41. The zero-order valence-corrected chi connectivity index (χ0v) is 13.4. The highest BCUT2D eigenvalue weighted by Gasteiger charge is 2.09. The summed E-state index contributed by atoms with van der Waals surface area (Å²) in [6.45, 7) is 3.21. The predicted octanol–water partition coefficient (Wildman–Crippen LogP) is 1.40. The van der Waals surface area contributed by atoms with Crippen LogP contribution in [0.3, 0.4) is 0 Å². The van der Waals surface area contributed by atoms with Crippen molar-refractivity contribution < 1.29 is 14.3 Å². The molecule has 9 nitrogen and oxygen atoms in total. The van der Waals surface area contributed by atoms with E-state index in [-0.39, 0.29) is 23.3 Å².